The van der Waals surface area contributed by atoms with Crippen molar-refractivity contribution in [2.75, 3.05) is 56.0 Å². The fraction of sp³-hybridized carbons (Fsp3) is 0.538. The Labute approximate surface area is 232 Å². The summed E-state index contributed by atoms with van der Waals surface area (Å²) in [5, 5.41) is 18.3. The van der Waals surface area contributed by atoms with E-state index in [9.17, 15) is 4.79 Å². The van der Waals surface area contributed by atoms with Crippen molar-refractivity contribution < 1.29 is 9.90 Å². The minimum absolute atomic E-state index is 0.111. The van der Waals surface area contributed by atoms with E-state index < -0.39 is 5.97 Å². The third-order valence-electron chi connectivity index (χ3n) is 7.48. The second-order valence-corrected chi connectivity index (χ2v) is 11.0. The predicted molar refractivity (Wildman–Crippen MR) is 150 cm³/mol. The highest BCUT2D eigenvalue weighted by Crippen LogP contribution is 2.31. The van der Waals surface area contributed by atoms with Crippen molar-refractivity contribution in [1.29, 1.82) is 0 Å². The van der Waals surface area contributed by atoms with E-state index in [1.54, 1.807) is 10.7 Å². The molecule has 4 heterocycles. The first-order chi connectivity index (χ1) is 18.3. The summed E-state index contributed by atoms with van der Waals surface area (Å²) in [6.07, 6.45) is 4.38. The van der Waals surface area contributed by atoms with Crippen LogP contribution in [0.25, 0.3) is 11.0 Å². The van der Waals surface area contributed by atoms with E-state index >= 15 is 0 Å². The molecule has 1 aromatic carbocycles. The average Bonchev–Trinajstić information content (AvgIpc) is 3.28. The minimum Gasteiger partial charge on any atom is -0.481 e. The molecule has 10 nitrogen and oxygen atoms in total. The summed E-state index contributed by atoms with van der Waals surface area (Å²) in [5.74, 6) is 0.632. The number of carboxylic acids is 1. The molecule has 1 unspecified atom stereocenters. The van der Waals surface area contributed by atoms with Gasteiger partial charge in [-0.05, 0) is 44.0 Å². The Kier molecular flexibility index (Phi) is 8.23. The molecule has 2 saturated heterocycles. The van der Waals surface area contributed by atoms with E-state index in [1.807, 2.05) is 32.3 Å². The molecule has 0 bridgehead atoms. The van der Waals surface area contributed by atoms with Crippen LogP contribution >= 0.6 is 23.2 Å². The molecular formula is C26H34Cl2N8O2. The lowest BCUT2D eigenvalue weighted by Crippen LogP contribution is -2.55. The van der Waals surface area contributed by atoms with E-state index in [0.29, 0.717) is 34.4 Å². The number of piperidine rings is 1. The average molecular weight is 562 g/mol. The number of benzene rings is 1. The highest BCUT2D eigenvalue weighted by molar-refractivity contribution is 6.35. The molecule has 38 heavy (non-hydrogen) atoms. The zero-order chi connectivity index (χ0) is 26.8. The van der Waals surface area contributed by atoms with Crippen LogP contribution in [0.5, 0.6) is 0 Å². The number of nitrogens with zero attached hydrogens (tertiary/aromatic N) is 7. The first-order valence-corrected chi connectivity index (χ1v) is 13.9. The molecule has 2 aliphatic rings. The first-order valence-electron chi connectivity index (χ1n) is 13.1. The van der Waals surface area contributed by atoms with E-state index in [1.165, 1.54) is 0 Å². The van der Waals surface area contributed by atoms with Gasteiger partial charge in [-0.2, -0.15) is 10.1 Å². The van der Waals surface area contributed by atoms with Crippen molar-refractivity contribution in [3.05, 3.63) is 40.0 Å². The molecule has 3 aromatic rings. The number of aliphatic carboxylic acids is 1. The molecule has 0 aliphatic carbocycles. The van der Waals surface area contributed by atoms with Gasteiger partial charge in [0, 0.05) is 62.4 Å². The normalized spacial score (nSPS) is 20.1. The van der Waals surface area contributed by atoms with Crippen LogP contribution in [0.4, 0.5) is 11.8 Å². The number of aryl methyl sites for hydroxylation is 1. The smallest absolute Gasteiger partial charge is 0.304 e. The second-order valence-electron chi connectivity index (χ2n) is 10.2. The zero-order valence-corrected chi connectivity index (χ0v) is 23.3. The van der Waals surface area contributed by atoms with Crippen LogP contribution in [-0.4, -0.2) is 92.5 Å². The third-order valence-corrected chi connectivity index (χ3v) is 8.05. The summed E-state index contributed by atoms with van der Waals surface area (Å²) in [7, 11) is 1.88. The molecule has 2 aromatic heterocycles. The molecule has 2 atom stereocenters. The number of aromatic nitrogens is 4. The number of hydrogen-bond donors (Lipinski definition) is 2. The van der Waals surface area contributed by atoms with Crippen LogP contribution in [0.1, 0.15) is 37.8 Å². The van der Waals surface area contributed by atoms with Crippen molar-refractivity contribution in [3.63, 3.8) is 0 Å². The van der Waals surface area contributed by atoms with Gasteiger partial charge in [-0.1, -0.05) is 29.3 Å². The lowest BCUT2D eigenvalue weighted by atomic mass is 10.0. The Bertz CT molecular complexity index is 1290. The number of piperazine rings is 1. The molecule has 12 heteroatoms. The van der Waals surface area contributed by atoms with Crippen LogP contribution in [0, 0.1) is 0 Å². The van der Waals surface area contributed by atoms with Gasteiger partial charge in [0.1, 0.15) is 5.52 Å². The Morgan fingerprint density at radius 1 is 1.18 bits per heavy atom. The molecule has 2 aliphatic heterocycles. The highest BCUT2D eigenvalue weighted by Gasteiger charge is 2.29. The Morgan fingerprint density at radius 3 is 2.71 bits per heavy atom. The van der Waals surface area contributed by atoms with Gasteiger partial charge in [0.25, 0.3) is 0 Å². The molecule has 5 rings (SSSR count). The number of rotatable bonds is 8. The highest BCUT2D eigenvalue weighted by atomic mass is 35.5. The monoisotopic (exact) mass is 560 g/mol. The summed E-state index contributed by atoms with van der Waals surface area (Å²) in [6, 6.07) is 5.85. The predicted octanol–water partition coefficient (Wildman–Crippen LogP) is 3.90. The maximum Gasteiger partial charge on any atom is 0.304 e. The van der Waals surface area contributed by atoms with Crippen LogP contribution < -0.4 is 10.2 Å². The molecule has 2 N–H and O–H groups in total. The van der Waals surface area contributed by atoms with Crippen LogP contribution in [-0.2, 0) is 11.8 Å². The van der Waals surface area contributed by atoms with Crippen molar-refractivity contribution in [1.82, 2.24) is 29.5 Å². The molecule has 0 spiro atoms. The summed E-state index contributed by atoms with van der Waals surface area (Å²) in [4.78, 5) is 27.8. The lowest BCUT2D eigenvalue weighted by Gasteiger charge is -2.43. The standard InChI is InChI=1S/C26H34Cl2N8O2/c1-17(20-6-5-18(27)14-21(20)28)29-25-24-22(16-33(2)32-24)30-26(31-25)36-12-10-35(11-13-36)19-4-3-8-34(15-19)9-7-23(37)38/h5-6,14,16-17,19H,3-4,7-13,15H2,1-2H3,(H,37,38)(H,29,30,31)/t17-,19?/m1/s1. The van der Waals surface area contributed by atoms with E-state index in [2.05, 4.69) is 25.1 Å². The summed E-state index contributed by atoms with van der Waals surface area (Å²) in [5.41, 5.74) is 2.44. The van der Waals surface area contributed by atoms with Crippen LogP contribution in [0.3, 0.4) is 0 Å². The zero-order valence-electron chi connectivity index (χ0n) is 21.8. The molecule has 0 radical (unpaired) electrons. The number of likely N-dealkylation sites (tertiary alicyclic amines) is 1. The van der Waals surface area contributed by atoms with E-state index in [0.717, 1.165) is 68.7 Å². The van der Waals surface area contributed by atoms with E-state index in [4.69, 9.17) is 38.3 Å². The number of anilines is 2. The molecular weight excluding hydrogens is 527 g/mol. The minimum atomic E-state index is -0.731. The molecule has 0 amide bonds. The van der Waals surface area contributed by atoms with Gasteiger partial charge < -0.3 is 20.2 Å². The Balaban J connectivity index is 1.28. The quantitative estimate of drug-likeness (QED) is 0.424. The SMILES string of the molecule is C[C@@H](Nc1nc(N2CCN(C3CCCN(CCC(=O)O)C3)CC2)nc2cn(C)nc12)c1ccc(Cl)cc1Cl. The van der Waals surface area contributed by atoms with E-state index in [-0.39, 0.29) is 12.5 Å². The van der Waals surface area contributed by atoms with Crippen molar-refractivity contribution in [2.45, 2.75) is 38.3 Å². The second kappa shape index (κ2) is 11.6. The molecule has 0 saturated carbocycles. The van der Waals surface area contributed by atoms with Crippen molar-refractivity contribution >= 4 is 52.0 Å². The summed E-state index contributed by atoms with van der Waals surface area (Å²) < 4.78 is 1.76. The largest absolute Gasteiger partial charge is 0.481 e. The summed E-state index contributed by atoms with van der Waals surface area (Å²) >= 11 is 12.6. The molecule has 204 valence electrons. The number of nitrogens with one attached hydrogen (secondary N) is 1. The van der Waals surface area contributed by atoms with Gasteiger partial charge in [0.2, 0.25) is 5.95 Å². The van der Waals surface area contributed by atoms with Crippen molar-refractivity contribution in [2.24, 2.45) is 7.05 Å². The van der Waals surface area contributed by atoms with Crippen molar-refractivity contribution in [3.8, 4) is 0 Å². The van der Waals surface area contributed by atoms with Gasteiger partial charge in [-0.15, -0.1) is 0 Å². The van der Waals surface area contributed by atoms with Gasteiger partial charge in [0.15, 0.2) is 11.3 Å². The summed E-state index contributed by atoms with van der Waals surface area (Å²) in [6.45, 7) is 8.08. The fourth-order valence-electron chi connectivity index (χ4n) is 5.46. The Hall–Kier alpha value is -2.66. The molecule has 2 fully saturated rings. The Morgan fingerprint density at radius 2 is 1.97 bits per heavy atom. The number of fused-ring (bicyclic) bond motifs is 1. The van der Waals surface area contributed by atoms with Gasteiger partial charge >= 0.3 is 5.97 Å². The first kappa shape index (κ1) is 26.9. The number of hydrogen-bond acceptors (Lipinski definition) is 8. The third kappa shape index (κ3) is 6.14. The van der Waals surface area contributed by atoms with Gasteiger partial charge in [-0.3, -0.25) is 14.4 Å². The topological polar surface area (TPSA) is 103 Å². The number of carbonyl (C=O) groups is 1. The lowest BCUT2D eigenvalue weighted by molar-refractivity contribution is -0.137. The fourth-order valence-corrected chi connectivity index (χ4v) is 6.03. The van der Waals surface area contributed by atoms with Crippen LogP contribution in [0.2, 0.25) is 10.0 Å². The van der Waals surface area contributed by atoms with Gasteiger partial charge in [-0.25, -0.2) is 4.98 Å². The van der Waals surface area contributed by atoms with Crippen LogP contribution in [0.15, 0.2) is 24.4 Å². The number of halogens is 2. The maximum absolute atomic E-state index is 11.0. The number of carboxylic acid groups (broad SMARTS) is 1. The maximum atomic E-state index is 11.0. The van der Waals surface area contributed by atoms with Gasteiger partial charge in [0.05, 0.1) is 18.7 Å².